The van der Waals surface area contributed by atoms with E-state index in [1.165, 1.54) is 11.1 Å². The fourth-order valence-electron chi connectivity index (χ4n) is 3.48. The molecule has 24 heavy (non-hydrogen) atoms. The van der Waals surface area contributed by atoms with Crippen LogP contribution in [0.2, 0.25) is 0 Å². The smallest absolute Gasteiger partial charge is 0.253 e. The summed E-state index contributed by atoms with van der Waals surface area (Å²) in [6, 6.07) is 13.6. The zero-order valence-electron chi connectivity index (χ0n) is 14.1. The van der Waals surface area contributed by atoms with E-state index in [0.29, 0.717) is 11.1 Å². The lowest BCUT2D eigenvalue weighted by Gasteiger charge is -2.26. The summed E-state index contributed by atoms with van der Waals surface area (Å²) in [5.74, 6) is -0.298. The van der Waals surface area contributed by atoms with Gasteiger partial charge in [0.1, 0.15) is 0 Å². The number of nitrogens with two attached hydrogens (primary N) is 1. The average molecular weight is 322 g/mol. The predicted octanol–water partition coefficient (Wildman–Crippen LogP) is 2.76. The Labute approximate surface area is 142 Å². The van der Waals surface area contributed by atoms with E-state index in [9.17, 15) is 9.59 Å². The van der Waals surface area contributed by atoms with E-state index < -0.39 is 5.91 Å². The highest BCUT2D eigenvalue weighted by molar-refractivity contribution is 5.98. The highest BCUT2D eigenvalue weighted by Gasteiger charge is 2.24. The van der Waals surface area contributed by atoms with Gasteiger partial charge in [0.2, 0.25) is 5.91 Å². The van der Waals surface area contributed by atoms with Crippen LogP contribution in [-0.4, -0.2) is 30.8 Å². The van der Waals surface area contributed by atoms with Gasteiger partial charge in [-0.1, -0.05) is 24.3 Å². The van der Waals surface area contributed by atoms with Crippen LogP contribution in [0.25, 0.3) is 0 Å². The van der Waals surface area contributed by atoms with Gasteiger partial charge in [-0.05, 0) is 60.1 Å². The molecule has 2 aromatic carbocycles. The van der Waals surface area contributed by atoms with Crippen LogP contribution in [-0.2, 0) is 12.8 Å². The molecule has 0 radical (unpaired) electrons. The average Bonchev–Trinajstić information content (AvgIpc) is 2.60. The van der Waals surface area contributed by atoms with Gasteiger partial charge < -0.3 is 10.6 Å². The molecule has 0 bridgehead atoms. The number of aryl methyl sites for hydroxylation is 1. The largest absolute Gasteiger partial charge is 0.366 e. The zero-order chi connectivity index (χ0) is 17.3. The normalized spacial score (nSPS) is 16.3. The van der Waals surface area contributed by atoms with Gasteiger partial charge in [-0.25, -0.2) is 0 Å². The number of rotatable bonds is 3. The zero-order valence-corrected chi connectivity index (χ0v) is 14.1. The minimum absolute atomic E-state index is 0.0662. The Kier molecular flexibility index (Phi) is 4.38. The summed E-state index contributed by atoms with van der Waals surface area (Å²) in [4.78, 5) is 25.7. The number of benzene rings is 2. The van der Waals surface area contributed by atoms with Gasteiger partial charge in [0.15, 0.2) is 0 Å². The number of carbonyl (C=O) groups is 2. The number of amides is 2. The second-order valence-electron chi connectivity index (χ2n) is 6.57. The fraction of sp³-hybridized carbons (Fsp3) is 0.300. The molecule has 2 aromatic rings. The molecule has 0 saturated heterocycles. The van der Waals surface area contributed by atoms with Crippen molar-refractivity contribution in [2.24, 2.45) is 5.73 Å². The Bertz CT molecular complexity index is 796. The third kappa shape index (κ3) is 3.04. The maximum Gasteiger partial charge on any atom is 0.253 e. The molecule has 0 spiro atoms. The monoisotopic (exact) mass is 322 g/mol. The van der Waals surface area contributed by atoms with Crippen LogP contribution in [0.3, 0.4) is 0 Å². The number of fused-ring (bicyclic) bond motifs is 1. The van der Waals surface area contributed by atoms with Gasteiger partial charge in [-0.3, -0.25) is 9.59 Å². The molecule has 4 heteroatoms. The number of nitrogens with zero attached hydrogens (tertiary/aromatic N) is 1. The minimum atomic E-state index is -0.437. The number of carbonyl (C=O) groups excluding carboxylic acids is 2. The third-order valence-corrected chi connectivity index (χ3v) is 4.76. The number of hydrogen-bond donors (Lipinski definition) is 1. The van der Waals surface area contributed by atoms with Crippen LogP contribution in [0, 0.1) is 0 Å². The molecule has 0 saturated carbocycles. The molecule has 2 amide bonds. The van der Waals surface area contributed by atoms with Crippen molar-refractivity contribution < 1.29 is 9.59 Å². The SMILES string of the molecule is CN(C)C(=O)c1ccc(C(N)=O)c(C2CCc3ccccc3C2)c1. The summed E-state index contributed by atoms with van der Waals surface area (Å²) in [5, 5.41) is 0. The van der Waals surface area contributed by atoms with Crippen molar-refractivity contribution in [3.8, 4) is 0 Å². The molecule has 0 aliphatic heterocycles. The highest BCUT2D eigenvalue weighted by atomic mass is 16.2. The maximum atomic E-state index is 12.3. The lowest BCUT2D eigenvalue weighted by molar-refractivity contribution is 0.0826. The summed E-state index contributed by atoms with van der Waals surface area (Å²) >= 11 is 0. The second kappa shape index (κ2) is 6.48. The van der Waals surface area contributed by atoms with Gasteiger partial charge >= 0.3 is 0 Å². The summed E-state index contributed by atoms with van der Waals surface area (Å²) in [6.45, 7) is 0. The van der Waals surface area contributed by atoms with Crippen LogP contribution < -0.4 is 5.73 Å². The van der Waals surface area contributed by atoms with Crippen LogP contribution in [0.4, 0.5) is 0 Å². The van der Waals surface area contributed by atoms with E-state index in [4.69, 9.17) is 5.73 Å². The van der Waals surface area contributed by atoms with E-state index in [1.807, 2.05) is 12.1 Å². The first kappa shape index (κ1) is 16.2. The van der Waals surface area contributed by atoms with E-state index in [0.717, 1.165) is 24.8 Å². The molecule has 3 rings (SSSR count). The van der Waals surface area contributed by atoms with Crippen molar-refractivity contribution in [1.82, 2.24) is 4.90 Å². The molecule has 1 aliphatic rings. The first-order valence-corrected chi connectivity index (χ1v) is 8.19. The molecule has 2 N–H and O–H groups in total. The van der Waals surface area contributed by atoms with Crippen molar-refractivity contribution in [2.75, 3.05) is 14.1 Å². The molecule has 4 nitrogen and oxygen atoms in total. The Morgan fingerprint density at radius 3 is 2.46 bits per heavy atom. The predicted molar refractivity (Wildman–Crippen MR) is 94.2 cm³/mol. The Balaban J connectivity index is 2.01. The first-order chi connectivity index (χ1) is 11.5. The minimum Gasteiger partial charge on any atom is -0.366 e. The Morgan fingerprint density at radius 2 is 1.79 bits per heavy atom. The van der Waals surface area contributed by atoms with Gasteiger partial charge in [0.25, 0.3) is 5.91 Å². The number of primary amides is 1. The quantitative estimate of drug-likeness (QED) is 0.944. The van der Waals surface area contributed by atoms with Crippen molar-refractivity contribution >= 4 is 11.8 Å². The van der Waals surface area contributed by atoms with E-state index in [-0.39, 0.29) is 11.8 Å². The fourth-order valence-corrected chi connectivity index (χ4v) is 3.48. The Morgan fingerprint density at radius 1 is 1.08 bits per heavy atom. The summed E-state index contributed by atoms with van der Waals surface area (Å²) in [7, 11) is 3.45. The second-order valence-corrected chi connectivity index (χ2v) is 6.57. The topological polar surface area (TPSA) is 63.4 Å². The third-order valence-electron chi connectivity index (χ3n) is 4.76. The molecular weight excluding hydrogens is 300 g/mol. The highest BCUT2D eigenvalue weighted by Crippen LogP contribution is 2.34. The molecular formula is C20H22N2O2. The molecule has 1 unspecified atom stereocenters. The van der Waals surface area contributed by atoms with Gasteiger partial charge in [0.05, 0.1) is 0 Å². The molecule has 124 valence electrons. The van der Waals surface area contributed by atoms with Gasteiger partial charge in [-0.2, -0.15) is 0 Å². The van der Waals surface area contributed by atoms with Crippen LogP contribution in [0.15, 0.2) is 42.5 Å². The van der Waals surface area contributed by atoms with Crippen molar-refractivity contribution in [2.45, 2.75) is 25.2 Å². The molecule has 0 heterocycles. The molecule has 1 aliphatic carbocycles. The van der Waals surface area contributed by atoms with Crippen LogP contribution in [0.1, 0.15) is 49.7 Å². The molecule has 0 aromatic heterocycles. The standard InChI is InChI=1S/C20H22N2O2/c1-22(2)20(24)16-9-10-17(19(21)23)18(12-16)15-8-7-13-5-3-4-6-14(13)11-15/h3-6,9-10,12,15H,7-8,11H2,1-2H3,(H2,21,23). The summed E-state index contributed by atoms with van der Waals surface area (Å²) in [6.07, 6.45) is 2.80. The summed E-state index contributed by atoms with van der Waals surface area (Å²) in [5.41, 5.74) is 10.3. The van der Waals surface area contributed by atoms with Gasteiger partial charge in [0, 0.05) is 25.2 Å². The first-order valence-electron chi connectivity index (χ1n) is 8.19. The molecule has 1 atom stereocenters. The lowest BCUT2D eigenvalue weighted by Crippen LogP contribution is -2.24. The van der Waals surface area contributed by atoms with Crippen LogP contribution in [0.5, 0.6) is 0 Å². The van der Waals surface area contributed by atoms with Crippen molar-refractivity contribution in [3.63, 3.8) is 0 Å². The summed E-state index contributed by atoms with van der Waals surface area (Å²) < 4.78 is 0. The Hall–Kier alpha value is -2.62. The van der Waals surface area contributed by atoms with Crippen molar-refractivity contribution in [1.29, 1.82) is 0 Å². The van der Waals surface area contributed by atoms with E-state index in [2.05, 4.69) is 18.2 Å². The molecule has 0 fully saturated rings. The number of hydrogen-bond acceptors (Lipinski definition) is 2. The lowest BCUT2D eigenvalue weighted by atomic mass is 9.78. The maximum absolute atomic E-state index is 12.3. The van der Waals surface area contributed by atoms with E-state index >= 15 is 0 Å². The van der Waals surface area contributed by atoms with E-state index in [1.54, 1.807) is 31.1 Å². The van der Waals surface area contributed by atoms with Gasteiger partial charge in [-0.15, -0.1) is 0 Å². The van der Waals surface area contributed by atoms with Crippen molar-refractivity contribution in [3.05, 3.63) is 70.3 Å². The van der Waals surface area contributed by atoms with Crippen LogP contribution >= 0.6 is 0 Å².